The molecular formula is C13H22N2O5. The van der Waals surface area contributed by atoms with Gasteiger partial charge in [0.05, 0.1) is 19.4 Å². The van der Waals surface area contributed by atoms with Gasteiger partial charge in [-0.05, 0) is 12.8 Å². The van der Waals surface area contributed by atoms with Crippen molar-refractivity contribution >= 4 is 18.0 Å². The smallest absolute Gasteiger partial charge is 0.320 e. The van der Waals surface area contributed by atoms with E-state index in [-0.39, 0.29) is 37.6 Å². The molecule has 1 unspecified atom stereocenters. The van der Waals surface area contributed by atoms with Crippen LogP contribution in [0.2, 0.25) is 0 Å². The van der Waals surface area contributed by atoms with E-state index in [1.165, 1.54) is 12.0 Å². The number of hydrogen-bond acceptors (Lipinski definition) is 4. The van der Waals surface area contributed by atoms with Gasteiger partial charge in [-0.2, -0.15) is 0 Å². The van der Waals surface area contributed by atoms with Crippen molar-refractivity contribution in [1.29, 1.82) is 0 Å². The summed E-state index contributed by atoms with van der Waals surface area (Å²) in [6.45, 7) is 2.14. The number of carbonyl (C=O) groups excluding carboxylic acids is 2. The number of methoxy groups -OCH3 is 1. The maximum atomic E-state index is 12.3. The molecule has 1 aliphatic rings. The van der Waals surface area contributed by atoms with Crippen molar-refractivity contribution in [2.75, 3.05) is 27.2 Å². The molecule has 0 aromatic carbocycles. The Morgan fingerprint density at radius 3 is 2.40 bits per heavy atom. The lowest BCUT2D eigenvalue weighted by molar-refractivity contribution is -0.145. The van der Waals surface area contributed by atoms with Crippen molar-refractivity contribution in [1.82, 2.24) is 9.80 Å². The maximum absolute atomic E-state index is 12.3. The van der Waals surface area contributed by atoms with Gasteiger partial charge in [-0.3, -0.25) is 9.59 Å². The number of carboxylic acids is 1. The summed E-state index contributed by atoms with van der Waals surface area (Å²) < 4.78 is 4.62. The first kappa shape index (κ1) is 16.3. The Bertz CT molecular complexity index is 381. The number of hydrogen-bond donors (Lipinski definition) is 1. The molecule has 0 spiro atoms. The first-order valence-electron chi connectivity index (χ1n) is 6.68. The number of aliphatic carboxylic acids is 1. The summed E-state index contributed by atoms with van der Waals surface area (Å²) >= 11 is 0. The van der Waals surface area contributed by atoms with E-state index in [1.54, 1.807) is 18.9 Å². The summed E-state index contributed by atoms with van der Waals surface area (Å²) in [5.41, 5.74) is 0. The van der Waals surface area contributed by atoms with Crippen molar-refractivity contribution in [3.8, 4) is 0 Å². The molecule has 1 aliphatic carbocycles. The van der Waals surface area contributed by atoms with E-state index in [0.717, 1.165) is 12.8 Å². The van der Waals surface area contributed by atoms with Gasteiger partial charge in [0.15, 0.2) is 0 Å². The number of ether oxygens (including phenoxy) is 1. The first-order chi connectivity index (χ1) is 9.36. The zero-order valence-electron chi connectivity index (χ0n) is 12.2. The molecule has 1 fully saturated rings. The number of carbonyl (C=O) groups is 3. The second-order valence-corrected chi connectivity index (χ2v) is 5.16. The van der Waals surface area contributed by atoms with Crippen LogP contribution in [0.25, 0.3) is 0 Å². The number of amides is 2. The normalized spacial score (nSPS) is 15.3. The molecule has 7 heteroatoms. The Kier molecular flexibility index (Phi) is 5.79. The van der Waals surface area contributed by atoms with Gasteiger partial charge in [0, 0.05) is 26.2 Å². The minimum Gasteiger partial charge on any atom is -0.481 e. The zero-order valence-corrected chi connectivity index (χ0v) is 12.2. The van der Waals surface area contributed by atoms with Crippen LogP contribution in [0.4, 0.5) is 4.79 Å². The zero-order chi connectivity index (χ0) is 15.3. The SMILES string of the molecule is COC(=O)C(C)CN(C)C(=O)N(CCC(=O)O)C1CC1. The highest BCUT2D eigenvalue weighted by Crippen LogP contribution is 2.27. The lowest BCUT2D eigenvalue weighted by Gasteiger charge is -2.29. The fourth-order valence-electron chi connectivity index (χ4n) is 2.02. The molecule has 20 heavy (non-hydrogen) atoms. The molecule has 7 nitrogen and oxygen atoms in total. The maximum Gasteiger partial charge on any atom is 0.320 e. The molecule has 2 amide bonds. The Labute approximate surface area is 118 Å². The molecule has 0 radical (unpaired) electrons. The molecule has 0 aliphatic heterocycles. The van der Waals surface area contributed by atoms with Crippen molar-refractivity contribution in [3.63, 3.8) is 0 Å². The number of carboxylic acid groups (broad SMARTS) is 1. The lowest BCUT2D eigenvalue weighted by Crippen LogP contribution is -2.45. The van der Waals surface area contributed by atoms with Crippen molar-refractivity contribution in [2.24, 2.45) is 5.92 Å². The summed E-state index contributed by atoms with van der Waals surface area (Å²) in [7, 11) is 2.92. The molecule has 1 atom stereocenters. The van der Waals surface area contributed by atoms with E-state index in [1.807, 2.05) is 0 Å². The molecule has 114 valence electrons. The van der Waals surface area contributed by atoms with E-state index in [2.05, 4.69) is 4.74 Å². The molecule has 1 N–H and O–H groups in total. The quantitative estimate of drug-likeness (QED) is 0.699. The van der Waals surface area contributed by atoms with Crippen LogP contribution in [0, 0.1) is 5.92 Å². The van der Waals surface area contributed by atoms with Gasteiger partial charge in [-0.1, -0.05) is 6.92 Å². The van der Waals surface area contributed by atoms with Crippen LogP contribution in [-0.4, -0.2) is 66.2 Å². The average molecular weight is 286 g/mol. The topological polar surface area (TPSA) is 87.2 Å². The second-order valence-electron chi connectivity index (χ2n) is 5.16. The molecule has 1 saturated carbocycles. The third kappa shape index (κ3) is 4.71. The first-order valence-corrected chi connectivity index (χ1v) is 6.68. The summed E-state index contributed by atoms with van der Waals surface area (Å²) in [5, 5.41) is 8.72. The molecule has 0 bridgehead atoms. The van der Waals surface area contributed by atoms with E-state index in [4.69, 9.17) is 5.11 Å². The average Bonchev–Trinajstić information content (AvgIpc) is 3.21. The standard InChI is InChI=1S/C13H22N2O5/c1-9(12(18)20-3)8-14(2)13(19)15(10-4-5-10)7-6-11(16)17/h9-10H,4-8H2,1-3H3,(H,16,17). The van der Waals surface area contributed by atoms with Crippen LogP contribution in [0.3, 0.4) is 0 Å². The lowest BCUT2D eigenvalue weighted by atomic mass is 10.2. The number of urea groups is 1. The van der Waals surface area contributed by atoms with Crippen LogP contribution >= 0.6 is 0 Å². The minimum atomic E-state index is -0.922. The van der Waals surface area contributed by atoms with Gasteiger partial charge in [0.1, 0.15) is 0 Å². The van der Waals surface area contributed by atoms with Gasteiger partial charge in [-0.25, -0.2) is 4.79 Å². The second kappa shape index (κ2) is 7.12. The predicted octanol–water partition coefficient (Wildman–Crippen LogP) is 0.786. The highest BCUT2D eigenvalue weighted by molar-refractivity contribution is 5.77. The Balaban J connectivity index is 2.55. The fraction of sp³-hybridized carbons (Fsp3) is 0.769. The molecule has 0 aromatic rings. The highest BCUT2D eigenvalue weighted by atomic mass is 16.5. The Morgan fingerprint density at radius 2 is 1.95 bits per heavy atom. The molecule has 0 aromatic heterocycles. The van der Waals surface area contributed by atoms with Crippen LogP contribution in [-0.2, 0) is 14.3 Å². The monoisotopic (exact) mass is 286 g/mol. The summed E-state index contributed by atoms with van der Waals surface area (Å²) in [4.78, 5) is 37.3. The van der Waals surface area contributed by atoms with Crippen molar-refractivity contribution in [3.05, 3.63) is 0 Å². The Morgan fingerprint density at radius 1 is 1.35 bits per heavy atom. The number of rotatable bonds is 7. The summed E-state index contributed by atoms with van der Waals surface area (Å²) in [5.74, 6) is -1.70. The van der Waals surface area contributed by atoms with E-state index in [0.29, 0.717) is 0 Å². The van der Waals surface area contributed by atoms with Crippen LogP contribution in [0.1, 0.15) is 26.2 Å². The van der Waals surface area contributed by atoms with Crippen LogP contribution in [0.15, 0.2) is 0 Å². The highest BCUT2D eigenvalue weighted by Gasteiger charge is 2.34. The summed E-state index contributed by atoms with van der Waals surface area (Å²) in [6, 6.07) is -0.0952. The van der Waals surface area contributed by atoms with Crippen molar-refractivity contribution in [2.45, 2.75) is 32.2 Å². The number of esters is 1. The van der Waals surface area contributed by atoms with Gasteiger partial charge < -0.3 is 19.6 Å². The van der Waals surface area contributed by atoms with Gasteiger partial charge in [0.25, 0.3) is 0 Å². The molecule has 0 heterocycles. The van der Waals surface area contributed by atoms with Gasteiger partial charge in [0.2, 0.25) is 0 Å². The van der Waals surface area contributed by atoms with E-state index >= 15 is 0 Å². The van der Waals surface area contributed by atoms with Crippen LogP contribution < -0.4 is 0 Å². The van der Waals surface area contributed by atoms with E-state index < -0.39 is 11.9 Å². The summed E-state index contributed by atoms with van der Waals surface area (Å²) in [6.07, 6.45) is 1.75. The third-order valence-corrected chi connectivity index (χ3v) is 3.28. The van der Waals surface area contributed by atoms with Gasteiger partial charge in [-0.15, -0.1) is 0 Å². The van der Waals surface area contributed by atoms with E-state index in [9.17, 15) is 14.4 Å². The minimum absolute atomic E-state index is 0.0668. The van der Waals surface area contributed by atoms with Crippen molar-refractivity contribution < 1.29 is 24.2 Å². The van der Waals surface area contributed by atoms with Gasteiger partial charge >= 0.3 is 18.0 Å². The predicted molar refractivity (Wildman–Crippen MR) is 71.2 cm³/mol. The third-order valence-electron chi connectivity index (χ3n) is 3.28. The molecule has 1 rings (SSSR count). The fourth-order valence-corrected chi connectivity index (χ4v) is 2.02. The molecule has 0 saturated heterocycles. The van der Waals surface area contributed by atoms with Crippen LogP contribution in [0.5, 0.6) is 0 Å². The number of nitrogens with zero attached hydrogens (tertiary/aromatic N) is 2. The molecular weight excluding hydrogens is 264 g/mol. The largest absolute Gasteiger partial charge is 0.481 e. The Hall–Kier alpha value is -1.79.